The van der Waals surface area contributed by atoms with Crippen LogP contribution in [0.25, 0.3) is 11.0 Å². The second kappa shape index (κ2) is 9.05. The Morgan fingerprint density at radius 3 is 2.58 bits per heavy atom. The van der Waals surface area contributed by atoms with Crippen LogP contribution in [0.4, 0.5) is 20.3 Å². The Bertz CT molecular complexity index is 1300. The van der Waals surface area contributed by atoms with Crippen LogP contribution in [0, 0.1) is 11.6 Å². The third-order valence-electron chi connectivity index (χ3n) is 5.70. The highest BCUT2D eigenvalue weighted by Gasteiger charge is 2.30. The number of rotatable bonds is 7. The van der Waals surface area contributed by atoms with Crippen LogP contribution in [0.1, 0.15) is 61.9 Å². The maximum atomic E-state index is 15.3. The van der Waals surface area contributed by atoms with E-state index >= 15 is 4.39 Å². The van der Waals surface area contributed by atoms with Gasteiger partial charge < -0.3 is 10.3 Å². The number of carbonyl (C=O) groups is 1. The first kappa shape index (κ1) is 23.1. The van der Waals surface area contributed by atoms with Gasteiger partial charge in [0.25, 0.3) is 0 Å². The molecule has 0 aliphatic heterocycles. The Balaban J connectivity index is 1.74. The van der Waals surface area contributed by atoms with Gasteiger partial charge in [-0.15, -0.1) is 0 Å². The summed E-state index contributed by atoms with van der Waals surface area (Å²) in [5.74, 6) is -2.96. The van der Waals surface area contributed by atoms with Crippen LogP contribution in [0.3, 0.4) is 0 Å². The van der Waals surface area contributed by atoms with E-state index in [1.807, 2.05) is 13.8 Å². The summed E-state index contributed by atoms with van der Waals surface area (Å²) < 4.78 is 57.7. The van der Waals surface area contributed by atoms with Gasteiger partial charge >= 0.3 is 0 Å². The number of fused-ring (bicyclic) bond motifs is 1. The molecule has 0 saturated heterocycles. The van der Waals surface area contributed by atoms with Crippen molar-refractivity contribution in [2.24, 2.45) is 0 Å². The predicted molar refractivity (Wildman–Crippen MR) is 122 cm³/mol. The van der Waals surface area contributed by atoms with Gasteiger partial charge in [-0.1, -0.05) is 19.3 Å². The maximum Gasteiger partial charge on any atom is 0.235 e. The zero-order valence-corrected chi connectivity index (χ0v) is 19.1. The number of benzene rings is 1. The number of halogens is 2. The number of hydrogen-bond donors (Lipinski definition) is 3. The van der Waals surface area contributed by atoms with Crippen molar-refractivity contribution in [3.63, 3.8) is 0 Å². The Kier molecular flexibility index (Phi) is 6.33. The van der Waals surface area contributed by atoms with Gasteiger partial charge in [0.05, 0.1) is 27.5 Å². The minimum absolute atomic E-state index is 0.0213. The number of aromatic nitrogens is 3. The lowest BCUT2D eigenvalue weighted by molar-refractivity contribution is 0.103. The van der Waals surface area contributed by atoms with E-state index in [-0.39, 0.29) is 11.6 Å². The highest BCUT2D eigenvalue weighted by atomic mass is 32.2. The van der Waals surface area contributed by atoms with Crippen LogP contribution in [0.15, 0.2) is 24.7 Å². The fourth-order valence-corrected chi connectivity index (χ4v) is 5.70. The molecule has 2 heterocycles. The Hall–Kier alpha value is -3.08. The van der Waals surface area contributed by atoms with Gasteiger partial charge in [0.2, 0.25) is 15.8 Å². The van der Waals surface area contributed by atoms with Crippen molar-refractivity contribution in [3.8, 4) is 0 Å². The lowest BCUT2D eigenvalue weighted by Gasteiger charge is -2.22. The molecule has 1 aliphatic rings. The Morgan fingerprint density at radius 2 is 1.88 bits per heavy atom. The third kappa shape index (κ3) is 4.54. The molecule has 1 aromatic carbocycles. The predicted octanol–water partition coefficient (Wildman–Crippen LogP) is 4.36. The number of carbonyl (C=O) groups excluding carboxylic acids is 1. The maximum absolute atomic E-state index is 15.3. The van der Waals surface area contributed by atoms with Gasteiger partial charge in [0, 0.05) is 12.2 Å². The van der Waals surface area contributed by atoms with Crippen molar-refractivity contribution in [2.45, 2.75) is 57.2 Å². The lowest BCUT2D eigenvalue weighted by atomic mass is 10.0. The molecule has 11 heteroatoms. The lowest BCUT2D eigenvalue weighted by Crippen LogP contribution is -2.30. The van der Waals surface area contributed by atoms with Crippen molar-refractivity contribution >= 4 is 38.3 Å². The van der Waals surface area contributed by atoms with E-state index in [0.29, 0.717) is 29.7 Å². The molecular formula is C22H25F2N5O3S. The van der Waals surface area contributed by atoms with E-state index < -0.39 is 43.9 Å². The smallest absolute Gasteiger partial charge is 0.235 e. The molecule has 3 aromatic rings. The van der Waals surface area contributed by atoms with Crippen LogP contribution >= 0.6 is 0 Å². The normalized spacial score (nSPS) is 15.2. The fourth-order valence-electron chi connectivity index (χ4n) is 4.11. The van der Waals surface area contributed by atoms with Gasteiger partial charge in [-0.25, -0.2) is 27.2 Å². The van der Waals surface area contributed by atoms with Crippen molar-refractivity contribution in [1.82, 2.24) is 15.0 Å². The molecule has 4 rings (SSSR count). The van der Waals surface area contributed by atoms with E-state index in [1.165, 1.54) is 12.5 Å². The van der Waals surface area contributed by atoms with Gasteiger partial charge in [-0.05, 0) is 38.8 Å². The topological polar surface area (TPSA) is 117 Å². The van der Waals surface area contributed by atoms with E-state index in [9.17, 15) is 17.6 Å². The second-order valence-corrected chi connectivity index (χ2v) is 10.4. The summed E-state index contributed by atoms with van der Waals surface area (Å²) >= 11 is 0. The molecule has 3 N–H and O–H groups in total. The molecule has 8 nitrogen and oxygen atoms in total. The number of hydrogen-bond acceptors (Lipinski definition) is 6. The molecular weight excluding hydrogens is 452 g/mol. The van der Waals surface area contributed by atoms with Crippen molar-refractivity contribution in [3.05, 3.63) is 47.4 Å². The molecule has 0 radical (unpaired) electrons. The summed E-state index contributed by atoms with van der Waals surface area (Å²) in [5, 5.41) is 2.73. The summed E-state index contributed by atoms with van der Waals surface area (Å²) in [4.78, 5) is 24.3. The first-order valence-corrected chi connectivity index (χ1v) is 12.4. The summed E-state index contributed by atoms with van der Waals surface area (Å²) in [6.07, 6.45) is 6.07. The van der Waals surface area contributed by atoms with Crippen LogP contribution in [0.2, 0.25) is 0 Å². The number of aromatic amines is 1. The first-order valence-electron chi connectivity index (χ1n) is 10.8. The van der Waals surface area contributed by atoms with Crippen molar-refractivity contribution < 1.29 is 22.0 Å². The Morgan fingerprint density at radius 1 is 1.15 bits per heavy atom. The fraction of sp³-hybridized carbons (Fsp3) is 0.409. The van der Waals surface area contributed by atoms with Gasteiger partial charge in [0.1, 0.15) is 23.6 Å². The number of H-pyrrole nitrogens is 1. The molecule has 1 fully saturated rings. The van der Waals surface area contributed by atoms with Crippen LogP contribution in [0.5, 0.6) is 0 Å². The SMILES string of the molecule is CC(C)Nc1ncnc2[nH]cc(C(=O)c3c(F)ccc(NS(=O)(=O)C4CCCCC4)c3F)c12. The number of nitrogens with one attached hydrogen (secondary N) is 3. The minimum atomic E-state index is -3.88. The Labute approximate surface area is 190 Å². The van der Waals surface area contributed by atoms with E-state index in [0.717, 1.165) is 31.4 Å². The average Bonchev–Trinajstić information content (AvgIpc) is 3.21. The summed E-state index contributed by atoms with van der Waals surface area (Å²) in [5.41, 5.74) is -1.01. The molecule has 0 unspecified atom stereocenters. The number of nitrogens with zero attached hydrogens (tertiary/aromatic N) is 2. The molecule has 0 atom stereocenters. The summed E-state index contributed by atoms with van der Waals surface area (Å²) in [6.45, 7) is 3.76. The molecule has 0 amide bonds. The second-order valence-electron chi connectivity index (χ2n) is 8.47. The third-order valence-corrected chi connectivity index (χ3v) is 7.55. The zero-order chi connectivity index (χ0) is 23.8. The molecule has 176 valence electrons. The minimum Gasteiger partial charge on any atom is -0.367 e. The standard InChI is InChI=1S/C22H25F2N5O3S/c1-12(2)28-22-17-14(10-25-21(17)26-11-27-22)20(30)18-15(23)8-9-16(19(18)24)29-33(31,32)13-6-4-3-5-7-13/h8-13,29H,3-7H2,1-2H3,(H2,25,26,27,28). The monoisotopic (exact) mass is 477 g/mol. The van der Waals surface area contributed by atoms with E-state index in [4.69, 9.17) is 0 Å². The number of ketones is 1. The quantitative estimate of drug-likeness (QED) is 0.435. The molecule has 1 saturated carbocycles. The molecule has 33 heavy (non-hydrogen) atoms. The van der Waals surface area contributed by atoms with Gasteiger partial charge in [-0.2, -0.15) is 0 Å². The van der Waals surface area contributed by atoms with E-state index in [1.54, 1.807) is 0 Å². The van der Waals surface area contributed by atoms with E-state index in [2.05, 4.69) is 25.0 Å². The van der Waals surface area contributed by atoms with Crippen LogP contribution < -0.4 is 10.0 Å². The summed E-state index contributed by atoms with van der Waals surface area (Å²) in [7, 11) is -3.88. The van der Waals surface area contributed by atoms with Gasteiger partial charge in [-0.3, -0.25) is 9.52 Å². The van der Waals surface area contributed by atoms with Crippen molar-refractivity contribution in [2.75, 3.05) is 10.0 Å². The molecule has 0 spiro atoms. The molecule has 1 aliphatic carbocycles. The van der Waals surface area contributed by atoms with Gasteiger partial charge in [0.15, 0.2) is 5.82 Å². The highest BCUT2D eigenvalue weighted by Crippen LogP contribution is 2.31. The van der Waals surface area contributed by atoms with Crippen LogP contribution in [-0.2, 0) is 10.0 Å². The zero-order valence-electron chi connectivity index (χ0n) is 18.3. The number of anilines is 2. The molecule has 0 bridgehead atoms. The molecule has 2 aromatic heterocycles. The number of sulfonamides is 1. The summed E-state index contributed by atoms with van der Waals surface area (Å²) in [6, 6.07) is 1.85. The van der Waals surface area contributed by atoms with Crippen LogP contribution in [-0.4, -0.2) is 40.4 Å². The first-order chi connectivity index (χ1) is 15.7. The average molecular weight is 478 g/mol. The highest BCUT2D eigenvalue weighted by molar-refractivity contribution is 7.93. The van der Waals surface area contributed by atoms with Crippen molar-refractivity contribution in [1.29, 1.82) is 0 Å². The largest absolute Gasteiger partial charge is 0.367 e.